The maximum atomic E-state index is 12.3. The average molecular weight is 299 g/mol. The number of rotatable bonds is 3. The Kier molecular flexibility index (Phi) is 3.70. The van der Waals surface area contributed by atoms with Crippen molar-refractivity contribution in [2.45, 2.75) is 6.36 Å². The van der Waals surface area contributed by atoms with Crippen LogP contribution in [0.2, 0.25) is 0 Å². The van der Waals surface area contributed by atoms with Gasteiger partial charge in [-0.2, -0.15) is 0 Å². The number of carbonyl (C=O) groups is 1. The smallest absolute Gasteiger partial charge is 0.478 e. The number of aromatic carboxylic acids is 1. The third kappa shape index (κ3) is 3.41. The monoisotopic (exact) mass is 299 g/mol. The second kappa shape index (κ2) is 5.31. The molecule has 0 fully saturated rings. The summed E-state index contributed by atoms with van der Waals surface area (Å²) in [6, 6.07) is 6.97. The van der Waals surface area contributed by atoms with Crippen LogP contribution >= 0.6 is 0 Å². The highest BCUT2D eigenvalue weighted by Gasteiger charge is 2.32. The van der Waals surface area contributed by atoms with E-state index in [0.29, 0.717) is 0 Å². The van der Waals surface area contributed by atoms with Gasteiger partial charge in [0.2, 0.25) is 0 Å². The minimum atomic E-state index is -4.93. The minimum Gasteiger partial charge on any atom is -0.478 e. The lowest BCUT2D eigenvalue weighted by atomic mass is 10.2. The Morgan fingerprint density at radius 1 is 1.14 bits per heavy atom. The summed E-state index contributed by atoms with van der Waals surface area (Å²) in [5, 5.41) is 8.88. The quantitative estimate of drug-likeness (QED) is 0.945. The van der Waals surface area contributed by atoms with Crippen molar-refractivity contribution in [2.75, 3.05) is 0 Å². The highest BCUT2D eigenvalue weighted by molar-refractivity contribution is 5.87. The molecule has 2 rings (SSSR count). The Bertz CT molecular complexity index is 737. The predicted molar refractivity (Wildman–Crippen MR) is 65.7 cm³/mol. The molecule has 0 unspecified atom stereocenters. The number of aromatic nitrogens is 1. The zero-order valence-electron chi connectivity index (χ0n) is 10.3. The van der Waals surface area contributed by atoms with Crippen molar-refractivity contribution in [3.63, 3.8) is 0 Å². The number of alkyl halides is 3. The maximum absolute atomic E-state index is 12.3. The maximum Gasteiger partial charge on any atom is 0.573 e. The first-order valence-electron chi connectivity index (χ1n) is 5.59. The molecule has 0 atom stereocenters. The first-order valence-corrected chi connectivity index (χ1v) is 5.59. The van der Waals surface area contributed by atoms with Crippen molar-refractivity contribution in [3.8, 4) is 11.4 Å². The fraction of sp³-hybridized carbons (Fsp3) is 0.0769. The average Bonchev–Trinajstić information content (AvgIpc) is 2.38. The van der Waals surface area contributed by atoms with E-state index in [-0.39, 0.29) is 11.3 Å². The summed E-state index contributed by atoms with van der Waals surface area (Å²) in [6.45, 7) is 0. The van der Waals surface area contributed by atoms with Crippen LogP contribution in [0.1, 0.15) is 10.4 Å². The van der Waals surface area contributed by atoms with E-state index >= 15 is 0 Å². The van der Waals surface area contributed by atoms with E-state index in [2.05, 4.69) is 4.74 Å². The van der Waals surface area contributed by atoms with Crippen LogP contribution in [0.5, 0.6) is 5.75 Å². The largest absolute Gasteiger partial charge is 0.573 e. The number of nitrogens with zero attached hydrogens (tertiary/aromatic N) is 1. The first kappa shape index (κ1) is 14.6. The number of carboxylic acids is 1. The van der Waals surface area contributed by atoms with E-state index in [0.717, 1.165) is 29.0 Å². The molecule has 1 aromatic heterocycles. The van der Waals surface area contributed by atoms with Crippen LogP contribution in [0, 0.1) is 0 Å². The van der Waals surface area contributed by atoms with Crippen molar-refractivity contribution >= 4 is 5.97 Å². The summed E-state index contributed by atoms with van der Waals surface area (Å²) in [4.78, 5) is 22.6. The standard InChI is InChI=1S/C13H8F3NO4/c14-13(15,16)21-10-4-2-1-3-9(10)17-7-8(12(19)20)5-6-11(17)18/h1-7H,(H,19,20). The van der Waals surface area contributed by atoms with Crippen molar-refractivity contribution in [1.82, 2.24) is 4.57 Å². The van der Waals surface area contributed by atoms with Gasteiger partial charge in [-0.15, -0.1) is 13.2 Å². The molecule has 0 radical (unpaired) electrons. The molecule has 110 valence electrons. The molecule has 0 saturated heterocycles. The number of carboxylic acid groups (broad SMARTS) is 1. The number of para-hydroxylation sites is 2. The van der Waals surface area contributed by atoms with Gasteiger partial charge in [-0.05, 0) is 18.2 Å². The van der Waals surface area contributed by atoms with E-state index in [1.165, 1.54) is 18.2 Å². The van der Waals surface area contributed by atoms with Crippen molar-refractivity contribution < 1.29 is 27.8 Å². The summed E-state index contributed by atoms with van der Waals surface area (Å²) >= 11 is 0. The number of ether oxygens (including phenoxy) is 1. The van der Waals surface area contributed by atoms with E-state index in [4.69, 9.17) is 5.11 Å². The molecule has 0 aliphatic rings. The summed E-state index contributed by atoms with van der Waals surface area (Å²) in [5.74, 6) is -1.91. The highest BCUT2D eigenvalue weighted by atomic mass is 19.4. The predicted octanol–water partition coefficient (Wildman–Crippen LogP) is 2.43. The van der Waals surface area contributed by atoms with Crippen molar-refractivity contribution in [1.29, 1.82) is 0 Å². The lowest BCUT2D eigenvalue weighted by Crippen LogP contribution is -2.22. The van der Waals surface area contributed by atoms with Gasteiger partial charge in [-0.3, -0.25) is 9.36 Å². The molecule has 8 heteroatoms. The van der Waals surface area contributed by atoms with Crippen LogP contribution in [0.3, 0.4) is 0 Å². The number of benzene rings is 1. The topological polar surface area (TPSA) is 68.5 Å². The van der Waals surface area contributed by atoms with Gasteiger partial charge in [0.25, 0.3) is 5.56 Å². The Balaban J connectivity index is 2.59. The normalized spacial score (nSPS) is 11.2. The zero-order valence-corrected chi connectivity index (χ0v) is 10.3. The van der Waals surface area contributed by atoms with E-state index in [9.17, 15) is 22.8 Å². The number of hydrogen-bond acceptors (Lipinski definition) is 3. The molecule has 0 spiro atoms. The van der Waals surface area contributed by atoms with Gasteiger partial charge in [0.05, 0.1) is 11.3 Å². The molecule has 0 saturated carbocycles. The van der Waals surface area contributed by atoms with Crippen LogP contribution in [0.15, 0.2) is 47.4 Å². The molecule has 0 amide bonds. The van der Waals surface area contributed by atoms with Gasteiger partial charge >= 0.3 is 12.3 Å². The Morgan fingerprint density at radius 2 is 1.81 bits per heavy atom. The van der Waals surface area contributed by atoms with E-state index < -0.39 is 23.6 Å². The molecular formula is C13H8F3NO4. The molecular weight excluding hydrogens is 291 g/mol. The zero-order chi connectivity index (χ0) is 15.6. The fourth-order valence-corrected chi connectivity index (χ4v) is 1.67. The van der Waals surface area contributed by atoms with Gasteiger partial charge < -0.3 is 9.84 Å². The summed E-state index contributed by atoms with van der Waals surface area (Å²) in [5.41, 5.74) is -1.13. The second-order valence-corrected chi connectivity index (χ2v) is 3.95. The van der Waals surface area contributed by atoms with Crippen LogP contribution in [-0.4, -0.2) is 22.0 Å². The molecule has 1 N–H and O–H groups in total. The Labute approximate surface area is 115 Å². The first-order chi connectivity index (χ1) is 9.78. The van der Waals surface area contributed by atoms with Gasteiger partial charge in [0, 0.05) is 12.3 Å². The van der Waals surface area contributed by atoms with E-state index in [1.807, 2.05) is 0 Å². The van der Waals surface area contributed by atoms with Crippen LogP contribution in [-0.2, 0) is 0 Å². The van der Waals surface area contributed by atoms with Crippen molar-refractivity contribution in [2.24, 2.45) is 0 Å². The Morgan fingerprint density at radius 3 is 2.43 bits per heavy atom. The fourth-order valence-electron chi connectivity index (χ4n) is 1.67. The summed E-state index contributed by atoms with van der Waals surface area (Å²) in [7, 11) is 0. The molecule has 21 heavy (non-hydrogen) atoms. The molecule has 0 aliphatic heterocycles. The molecule has 0 bridgehead atoms. The van der Waals surface area contributed by atoms with Gasteiger partial charge in [0.1, 0.15) is 0 Å². The van der Waals surface area contributed by atoms with Crippen LogP contribution in [0.25, 0.3) is 5.69 Å². The number of pyridine rings is 1. The third-order valence-electron chi connectivity index (χ3n) is 2.51. The molecule has 2 aromatic rings. The molecule has 5 nitrogen and oxygen atoms in total. The molecule has 0 aliphatic carbocycles. The van der Waals surface area contributed by atoms with Crippen molar-refractivity contribution in [3.05, 3.63) is 58.5 Å². The minimum absolute atomic E-state index is 0.206. The van der Waals surface area contributed by atoms with Crippen LogP contribution < -0.4 is 10.3 Å². The number of hydrogen-bond donors (Lipinski definition) is 1. The second-order valence-electron chi connectivity index (χ2n) is 3.95. The van der Waals surface area contributed by atoms with Gasteiger partial charge in [-0.25, -0.2) is 4.79 Å². The summed E-state index contributed by atoms with van der Waals surface area (Å²) in [6.07, 6.45) is -3.99. The number of halogens is 3. The SMILES string of the molecule is O=C(O)c1ccc(=O)n(-c2ccccc2OC(F)(F)F)c1. The highest BCUT2D eigenvalue weighted by Crippen LogP contribution is 2.28. The van der Waals surface area contributed by atoms with Gasteiger partial charge in [0.15, 0.2) is 5.75 Å². The third-order valence-corrected chi connectivity index (χ3v) is 2.51. The van der Waals surface area contributed by atoms with E-state index in [1.54, 1.807) is 0 Å². The summed E-state index contributed by atoms with van der Waals surface area (Å²) < 4.78 is 41.6. The lowest BCUT2D eigenvalue weighted by Gasteiger charge is -2.14. The van der Waals surface area contributed by atoms with Crippen LogP contribution in [0.4, 0.5) is 13.2 Å². The van der Waals surface area contributed by atoms with Gasteiger partial charge in [-0.1, -0.05) is 12.1 Å². The Hall–Kier alpha value is -2.77. The molecule has 1 aromatic carbocycles. The lowest BCUT2D eigenvalue weighted by molar-refractivity contribution is -0.274. The molecule has 1 heterocycles.